The monoisotopic (exact) mass is 379 g/mol. The molecule has 0 aliphatic heterocycles. The highest BCUT2D eigenvalue weighted by Crippen LogP contribution is 2.24. The van der Waals surface area contributed by atoms with Crippen LogP contribution >= 0.6 is 0 Å². The third kappa shape index (κ3) is 11.6. The lowest BCUT2D eigenvalue weighted by molar-refractivity contribution is -0.138. The molecule has 1 aromatic rings. The first kappa shape index (κ1) is 22.5. The Labute approximate surface area is 159 Å². The van der Waals surface area contributed by atoms with Gasteiger partial charge in [-0.3, -0.25) is 14.4 Å². The summed E-state index contributed by atoms with van der Waals surface area (Å²) in [6.45, 7) is 0.509. The van der Waals surface area contributed by atoms with E-state index in [1.165, 1.54) is 0 Å². The number of para-hydroxylation sites is 2. The molecule has 0 bridgehead atoms. The Bertz CT molecular complexity index is 602. The molecule has 0 aliphatic rings. The minimum Gasteiger partial charge on any atom is -0.491 e. The van der Waals surface area contributed by atoms with Gasteiger partial charge in [0, 0.05) is 19.3 Å². The van der Waals surface area contributed by atoms with Crippen LogP contribution in [0.1, 0.15) is 64.2 Å². The predicted molar refractivity (Wildman–Crippen MR) is 102 cm³/mol. The zero-order valence-corrected chi connectivity index (χ0v) is 15.6. The number of carbonyl (C=O) groups is 3. The number of amides is 1. The van der Waals surface area contributed by atoms with E-state index in [4.69, 9.17) is 14.9 Å². The number of benzene rings is 1. The minimum atomic E-state index is -0.813. The summed E-state index contributed by atoms with van der Waals surface area (Å²) in [6, 6.07) is 7.24. The quantitative estimate of drug-likeness (QED) is 0.396. The molecule has 0 spiro atoms. The molecule has 7 nitrogen and oxygen atoms in total. The lowest BCUT2D eigenvalue weighted by Crippen LogP contribution is -2.12. The number of aliphatic carboxylic acids is 2. The number of carboxylic acids is 2. The molecule has 0 saturated heterocycles. The normalized spacial score (nSPS) is 10.4. The molecule has 0 fully saturated rings. The zero-order chi connectivity index (χ0) is 19.9. The van der Waals surface area contributed by atoms with Gasteiger partial charge in [0.2, 0.25) is 5.91 Å². The van der Waals surface area contributed by atoms with Crippen molar-refractivity contribution in [1.82, 2.24) is 0 Å². The van der Waals surface area contributed by atoms with Crippen molar-refractivity contribution in [2.24, 2.45) is 0 Å². The minimum absolute atomic E-state index is 0.116. The van der Waals surface area contributed by atoms with Gasteiger partial charge < -0.3 is 20.3 Å². The van der Waals surface area contributed by atoms with E-state index in [1.54, 1.807) is 12.1 Å². The standard InChI is InChI=1S/C20H29NO6/c22-18(12-4-3-6-14-20(25)26)21-16-10-7-8-11-17(16)27-15-9-2-1-5-13-19(23)24/h7-8,10-11H,1-6,9,12-15H2,(H,21,22)(H,23,24)(H,25,26). The van der Waals surface area contributed by atoms with Crippen LogP contribution in [-0.2, 0) is 14.4 Å². The van der Waals surface area contributed by atoms with Crippen LogP contribution in [0.2, 0.25) is 0 Å². The lowest BCUT2D eigenvalue weighted by Gasteiger charge is -2.12. The molecule has 3 N–H and O–H groups in total. The molecular weight excluding hydrogens is 350 g/mol. The van der Waals surface area contributed by atoms with Crippen LogP contribution in [0.25, 0.3) is 0 Å². The van der Waals surface area contributed by atoms with E-state index < -0.39 is 11.9 Å². The summed E-state index contributed by atoms with van der Waals surface area (Å²) in [6.07, 6.45) is 5.87. The van der Waals surface area contributed by atoms with E-state index in [2.05, 4.69) is 5.32 Å². The molecule has 0 saturated carbocycles. The van der Waals surface area contributed by atoms with Crippen LogP contribution in [0, 0.1) is 0 Å². The molecule has 7 heteroatoms. The smallest absolute Gasteiger partial charge is 0.303 e. The van der Waals surface area contributed by atoms with Crippen molar-refractivity contribution in [3.63, 3.8) is 0 Å². The Balaban J connectivity index is 2.27. The number of carboxylic acid groups (broad SMARTS) is 2. The maximum Gasteiger partial charge on any atom is 0.303 e. The first-order chi connectivity index (χ1) is 13.0. The van der Waals surface area contributed by atoms with E-state index in [-0.39, 0.29) is 18.7 Å². The van der Waals surface area contributed by atoms with Crippen molar-refractivity contribution < 1.29 is 29.3 Å². The van der Waals surface area contributed by atoms with Crippen LogP contribution in [0.3, 0.4) is 0 Å². The Morgan fingerprint density at radius 3 is 2.00 bits per heavy atom. The average Bonchev–Trinajstić information content (AvgIpc) is 2.61. The lowest BCUT2D eigenvalue weighted by atomic mass is 10.1. The van der Waals surface area contributed by atoms with Gasteiger partial charge in [0.05, 0.1) is 12.3 Å². The summed E-state index contributed by atoms with van der Waals surface area (Å²) in [4.78, 5) is 32.9. The largest absolute Gasteiger partial charge is 0.491 e. The van der Waals surface area contributed by atoms with Crippen LogP contribution in [0.5, 0.6) is 5.75 Å². The summed E-state index contributed by atoms with van der Waals surface area (Å²) in [5.74, 6) is -1.08. The maximum absolute atomic E-state index is 12.0. The molecule has 0 aromatic heterocycles. The zero-order valence-electron chi connectivity index (χ0n) is 15.6. The molecule has 1 rings (SSSR count). The average molecular weight is 379 g/mol. The number of rotatable bonds is 15. The molecule has 0 radical (unpaired) electrons. The highest BCUT2D eigenvalue weighted by molar-refractivity contribution is 5.92. The van der Waals surface area contributed by atoms with E-state index in [0.717, 1.165) is 19.3 Å². The van der Waals surface area contributed by atoms with Crippen LogP contribution in [-0.4, -0.2) is 34.7 Å². The third-order valence-electron chi connectivity index (χ3n) is 4.00. The summed E-state index contributed by atoms with van der Waals surface area (Å²) in [5, 5.41) is 20.0. The molecule has 150 valence electrons. The molecule has 1 amide bonds. The molecule has 0 heterocycles. The van der Waals surface area contributed by atoms with Crippen LogP contribution < -0.4 is 10.1 Å². The third-order valence-corrected chi connectivity index (χ3v) is 4.00. The van der Waals surface area contributed by atoms with Crippen LogP contribution in [0.15, 0.2) is 24.3 Å². The van der Waals surface area contributed by atoms with E-state index in [1.807, 2.05) is 12.1 Å². The number of nitrogens with one attached hydrogen (secondary N) is 1. The predicted octanol–water partition coefficient (Wildman–Crippen LogP) is 4.07. The molecule has 0 atom stereocenters. The van der Waals surface area contributed by atoms with Gasteiger partial charge in [-0.2, -0.15) is 0 Å². The number of anilines is 1. The first-order valence-electron chi connectivity index (χ1n) is 9.44. The van der Waals surface area contributed by atoms with Crippen molar-refractivity contribution in [3.05, 3.63) is 24.3 Å². The van der Waals surface area contributed by atoms with Gasteiger partial charge >= 0.3 is 11.9 Å². The molecule has 1 aromatic carbocycles. The number of carbonyl (C=O) groups excluding carboxylic acids is 1. The number of hydrogen-bond donors (Lipinski definition) is 3. The Morgan fingerprint density at radius 1 is 0.778 bits per heavy atom. The van der Waals surface area contributed by atoms with Gasteiger partial charge in [0.1, 0.15) is 5.75 Å². The first-order valence-corrected chi connectivity index (χ1v) is 9.44. The second kappa shape index (κ2) is 13.6. The fourth-order valence-electron chi connectivity index (χ4n) is 2.56. The molecule has 0 aliphatic carbocycles. The van der Waals surface area contributed by atoms with Gasteiger partial charge in [0.25, 0.3) is 0 Å². The van der Waals surface area contributed by atoms with Crippen molar-refractivity contribution in [1.29, 1.82) is 0 Å². The van der Waals surface area contributed by atoms with E-state index >= 15 is 0 Å². The van der Waals surface area contributed by atoms with E-state index in [0.29, 0.717) is 50.1 Å². The second-order valence-corrected chi connectivity index (χ2v) is 6.41. The highest BCUT2D eigenvalue weighted by atomic mass is 16.5. The van der Waals surface area contributed by atoms with Crippen molar-refractivity contribution in [2.75, 3.05) is 11.9 Å². The van der Waals surface area contributed by atoms with Crippen molar-refractivity contribution >= 4 is 23.5 Å². The molecule has 0 unspecified atom stereocenters. The summed E-state index contributed by atoms with van der Waals surface area (Å²) in [5.41, 5.74) is 0.624. The summed E-state index contributed by atoms with van der Waals surface area (Å²) in [7, 11) is 0. The van der Waals surface area contributed by atoms with Gasteiger partial charge in [0.15, 0.2) is 0 Å². The fraction of sp³-hybridized carbons (Fsp3) is 0.550. The summed E-state index contributed by atoms with van der Waals surface area (Å²) >= 11 is 0. The number of ether oxygens (including phenoxy) is 1. The van der Waals surface area contributed by atoms with Crippen LogP contribution in [0.4, 0.5) is 5.69 Å². The second-order valence-electron chi connectivity index (χ2n) is 6.41. The van der Waals surface area contributed by atoms with Crippen molar-refractivity contribution in [2.45, 2.75) is 64.2 Å². The SMILES string of the molecule is O=C(O)CCCCCCOc1ccccc1NC(=O)CCCCCC(=O)O. The number of unbranched alkanes of at least 4 members (excludes halogenated alkanes) is 5. The van der Waals surface area contributed by atoms with Gasteiger partial charge in [-0.05, 0) is 37.8 Å². The Kier molecular flexibility index (Phi) is 11.3. The summed E-state index contributed by atoms with van der Waals surface area (Å²) < 4.78 is 5.74. The number of hydrogen-bond acceptors (Lipinski definition) is 4. The van der Waals surface area contributed by atoms with Gasteiger partial charge in [-0.1, -0.05) is 31.4 Å². The van der Waals surface area contributed by atoms with E-state index in [9.17, 15) is 14.4 Å². The maximum atomic E-state index is 12.0. The Hall–Kier alpha value is -2.57. The molecule has 27 heavy (non-hydrogen) atoms. The topological polar surface area (TPSA) is 113 Å². The molecular formula is C20H29NO6. The van der Waals surface area contributed by atoms with Gasteiger partial charge in [-0.25, -0.2) is 0 Å². The Morgan fingerprint density at radius 2 is 1.33 bits per heavy atom. The van der Waals surface area contributed by atoms with Gasteiger partial charge in [-0.15, -0.1) is 0 Å². The highest BCUT2D eigenvalue weighted by Gasteiger charge is 2.08. The fourth-order valence-corrected chi connectivity index (χ4v) is 2.56. The van der Waals surface area contributed by atoms with Crippen molar-refractivity contribution in [3.8, 4) is 5.75 Å².